The molecule has 4 N–H and O–H groups in total. The molecule has 0 aliphatic rings. The van der Waals surface area contributed by atoms with Crippen LogP contribution in [0, 0.1) is 5.82 Å². The molecule has 132 valence electrons. The summed E-state index contributed by atoms with van der Waals surface area (Å²) in [6, 6.07) is 12.3. The van der Waals surface area contributed by atoms with Crippen LogP contribution in [0.4, 0.5) is 10.1 Å². The minimum absolute atomic E-state index is 0.256. The molecular weight excluding hydrogens is 339 g/mol. The molecule has 8 heteroatoms. The molecule has 3 aromatic rings. The number of H-pyrrole nitrogens is 1. The van der Waals surface area contributed by atoms with Gasteiger partial charge in [0.15, 0.2) is 6.61 Å². The molecule has 7 nitrogen and oxygen atoms in total. The predicted molar refractivity (Wildman–Crippen MR) is 93.1 cm³/mol. The number of nitrogens with one attached hydrogen (secondary N) is 2. The maximum absolute atomic E-state index is 13.1. The lowest BCUT2D eigenvalue weighted by Gasteiger charge is -2.08. The van der Waals surface area contributed by atoms with Crippen LogP contribution in [0.25, 0.3) is 11.3 Å². The first-order valence-electron chi connectivity index (χ1n) is 7.65. The zero-order valence-electron chi connectivity index (χ0n) is 13.5. The van der Waals surface area contributed by atoms with Gasteiger partial charge in [-0.15, -0.1) is 0 Å². The molecule has 1 aromatic heterocycles. The maximum atomic E-state index is 13.1. The second-order valence-electron chi connectivity index (χ2n) is 5.40. The summed E-state index contributed by atoms with van der Waals surface area (Å²) < 4.78 is 18.3. The summed E-state index contributed by atoms with van der Waals surface area (Å²) in [6.45, 7) is -0.256. The molecule has 26 heavy (non-hydrogen) atoms. The standard InChI is InChI=1S/C18H15FN4O3/c19-12-6-4-11(5-7-12)17-15(9-21-23-17)18(25)22-13-2-1-3-14(8-13)26-10-16(20)24/h1-9H,10H2,(H2,20,24)(H,21,23)(H,22,25). The van der Waals surface area contributed by atoms with Gasteiger partial charge in [-0.05, 0) is 36.4 Å². The van der Waals surface area contributed by atoms with Crippen molar-refractivity contribution in [3.8, 4) is 17.0 Å². The Kier molecular flexibility index (Phi) is 4.93. The van der Waals surface area contributed by atoms with Crippen LogP contribution in [0.2, 0.25) is 0 Å². The molecule has 0 saturated heterocycles. The largest absolute Gasteiger partial charge is 0.484 e. The second kappa shape index (κ2) is 7.47. The van der Waals surface area contributed by atoms with E-state index in [2.05, 4.69) is 15.5 Å². The Morgan fingerprint density at radius 3 is 2.69 bits per heavy atom. The second-order valence-corrected chi connectivity index (χ2v) is 5.40. The number of hydrogen-bond donors (Lipinski definition) is 3. The molecule has 0 spiro atoms. The fourth-order valence-corrected chi connectivity index (χ4v) is 2.31. The molecule has 3 rings (SSSR count). The SMILES string of the molecule is NC(=O)COc1cccc(NC(=O)c2cn[nH]c2-c2ccc(F)cc2)c1. The molecule has 2 aromatic carbocycles. The molecule has 2 amide bonds. The molecule has 0 fully saturated rings. The Morgan fingerprint density at radius 1 is 1.19 bits per heavy atom. The van der Waals surface area contributed by atoms with E-state index in [1.807, 2.05) is 0 Å². The Balaban J connectivity index is 1.77. The maximum Gasteiger partial charge on any atom is 0.259 e. The molecule has 0 aliphatic carbocycles. The molecule has 0 unspecified atom stereocenters. The number of benzene rings is 2. The lowest BCUT2D eigenvalue weighted by atomic mass is 10.1. The Hall–Kier alpha value is -3.68. The number of aromatic nitrogens is 2. The van der Waals surface area contributed by atoms with Crippen molar-refractivity contribution in [1.29, 1.82) is 0 Å². The van der Waals surface area contributed by atoms with E-state index in [0.717, 1.165) is 0 Å². The predicted octanol–water partition coefficient (Wildman–Crippen LogP) is 2.33. The number of rotatable bonds is 6. The van der Waals surface area contributed by atoms with Gasteiger partial charge in [-0.1, -0.05) is 6.07 Å². The minimum Gasteiger partial charge on any atom is -0.484 e. The third-order valence-corrected chi connectivity index (χ3v) is 3.49. The van der Waals surface area contributed by atoms with Crippen molar-refractivity contribution in [2.24, 2.45) is 5.73 Å². The van der Waals surface area contributed by atoms with Gasteiger partial charge in [0.1, 0.15) is 11.6 Å². The first-order valence-corrected chi connectivity index (χ1v) is 7.65. The Bertz CT molecular complexity index is 938. The Labute approximate surface area is 148 Å². The topological polar surface area (TPSA) is 110 Å². The summed E-state index contributed by atoms with van der Waals surface area (Å²) in [5, 5.41) is 9.36. The highest BCUT2D eigenvalue weighted by atomic mass is 19.1. The van der Waals surface area contributed by atoms with Gasteiger partial charge in [-0.3, -0.25) is 14.7 Å². The number of carbonyl (C=O) groups excluding carboxylic acids is 2. The minimum atomic E-state index is -0.596. The zero-order valence-corrected chi connectivity index (χ0v) is 13.5. The average molecular weight is 354 g/mol. The number of amides is 2. The van der Waals surface area contributed by atoms with Crippen molar-refractivity contribution in [3.05, 3.63) is 66.1 Å². The van der Waals surface area contributed by atoms with E-state index < -0.39 is 11.8 Å². The number of anilines is 1. The molecule has 0 aliphatic heterocycles. The van der Waals surface area contributed by atoms with Gasteiger partial charge in [-0.25, -0.2) is 4.39 Å². The third-order valence-electron chi connectivity index (χ3n) is 3.49. The van der Waals surface area contributed by atoms with Gasteiger partial charge in [-0.2, -0.15) is 5.10 Å². The number of halogens is 1. The van der Waals surface area contributed by atoms with Crippen molar-refractivity contribution < 1.29 is 18.7 Å². The normalized spacial score (nSPS) is 10.3. The summed E-state index contributed by atoms with van der Waals surface area (Å²) in [6.07, 6.45) is 1.39. The number of primary amides is 1. The lowest BCUT2D eigenvalue weighted by molar-refractivity contribution is -0.119. The lowest BCUT2D eigenvalue weighted by Crippen LogP contribution is -2.20. The molecule has 1 heterocycles. The van der Waals surface area contributed by atoms with Gasteiger partial charge in [0.2, 0.25) is 0 Å². The Morgan fingerprint density at radius 2 is 1.96 bits per heavy atom. The van der Waals surface area contributed by atoms with Crippen LogP contribution in [0.1, 0.15) is 10.4 Å². The highest BCUT2D eigenvalue weighted by molar-refractivity contribution is 6.08. The van der Waals surface area contributed by atoms with Crippen LogP contribution in [0.3, 0.4) is 0 Å². The summed E-state index contributed by atoms with van der Waals surface area (Å²) >= 11 is 0. The zero-order chi connectivity index (χ0) is 18.5. The van der Waals surface area contributed by atoms with Gasteiger partial charge in [0.25, 0.3) is 11.8 Å². The number of nitrogens with two attached hydrogens (primary N) is 1. The van der Waals surface area contributed by atoms with Crippen LogP contribution in [0.5, 0.6) is 5.75 Å². The van der Waals surface area contributed by atoms with Crippen molar-refractivity contribution in [2.75, 3.05) is 11.9 Å². The van der Waals surface area contributed by atoms with Crippen molar-refractivity contribution in [3.63, 3.8) is 0 Å². The fourth-order valence-electron chi connectivity index (χ4n) is 2.31. The van der Waals surface area contributed by atoms with Crippen molar-refractivity contribution >= 4 is 17.5 Å². The number of aromatic amines is 1. The number of carbonyl (C=O) groups is 2. The van der Waals surface area contributed by atoms with E-state index in [4.69, 9.17) is 10.5 Å². The first kappa shape index (κ1) is 17.2. The molecular formula is C18H15FN4O3. The van der Waals surface area contributed by atoms with E-state index in [1.54, 1.807) is 36.4 Å². The summed E-state index contributed by atoms with van der Waals surface area (Å²) in [5.41, 5.74) is 6.93. The summed E-state index contributed by atoms with van der Waals surface area (Å²) in [5.74, 6) is -0.966. The first-order chi connectivity index (χ1) is 12.5. The van der Waals surface area contributed by atoms with Gasteiger partial charge < -0.3 is 15.8 Å². The smallest absolute Gasteiger partial charge is 0.259 e. The van der Waals surface area contributed by atoms with Crippen molar-refractivity contribution in [1.82, 2.24) is 10.2 Å². The fraction of sp³-hybridized carbons (Fsp3) is 0.0556. The van der Waals surface area contributed by atoms with Gasteiger partial charge in [0, 0.05) is 17.3 Å². The van der Waals surface area contributed by atoms with Crippen LogP contribution in [-0.4, -0.2) is 28.6 Å². The molecule has 0 radical (unpaired) electrons. The van der Waals surface area contributed by atoms with Gasteiger partial charge in [0.05, 0.1) is 17.5 Å². The van der Waals surface area contributed by atoms with E-state index in [-0.39, 0.29) is 12.4 Å². The van der Waals surface area contributed by atoms with Crippen LogP contribution < -0.4 is 15.8 Å². The highest BCUT2D eigenvalue weighted by Crippen LogP contribution is 2.23. The molecule has 0 bridgehead atoms. The monoisotopic (exact) mass is 354 g/mol. The average Bonchev–Trinajstić information content (AvgIpc) is 3.11. The quantitative estimate of drug-likeness (QED) is 0.631. The third kappa shape index (κ3) is 4.04. The summed E-state index contributed by atoms with van der Waals surface area (Å²) in [7, 11) is 0. The van der Waals surface area contributed by atoms with E-state index in [0.29, 0.717) is 28.3 Å². The summed E-state index contributed by atoms with van der Waals surface area (Å²) in [4.78, 5) is 23.3. The van der Waals surface area contributed by atoms with E-state index in [9.17, 15) is 14.0 Å². The van der Waals surface area contributed by atoms with E-state index >= 15 is 0 Å². The van der Waals surface area contributed by atoms with Crippen LogP contribution in [0.15, 0.2) is 54.7 Å². The number of nitrogens with zero attached hydrogens (tertiary/aromatic N) is 1. The van der Waals surface area contributed by atoms with Crippen LogP contribution >= 0.6 is 0 Å². The van der Waals surface area contributed by atoms with Crippen molar-refractivity contribution in [2.45, 2.75) is 0 Å². The highest BCUT2D eigenvalue weighted by Gasteiger charge is 2.16. The molecule has 0 atom stereocenters. The number of ether oxygens (including phenoxy) is 1. The molecule has 0 saturated carbocycles. The number of hydrogen-bond acceptors (Lipinski definition) is 4. The van der Waals surface area contributed by atoms with E-state index in [1.165, 1.54) is 18.3 Å². The van der Waals surface area contributed by atoms with Crippen LogP contribution in [-0.2, 0) is 4.79 Å². The van der Waals surface area contributed by atoms with Gasteiger partial charge >= 0.3 is 0 Å².